The Bertz CT molecular complexity index is 1070. The number of esters is 2. The summed E-state index contributed by atoms with van der Waals surface area (Å²) in [5.74, 6) is -0.648. The van der Waals surface area contributed by atoms with Gasteiger partial charge in [-0.1, -0.05) is 24.3 Å². The number of thioether (sulfide) groups is 1. The first-order valence-corrected chi connectivity index (χ1v) is 12.7. The number of carbonyl (C=O) groups excluding carboxylic acids is 3. The zero-order valence-electron chi connectivity index (χ0n) is 21.6. The van der Waals surface area contributed by atoms with Crippen LogP contribution in [0.3, 0.4) is 0 Å². The van der Waals surface area contributed by atoms with Gasteiger partial charge in [-0.05, 0) is 50.7 Å². The standard InChI is InChI=1S/C27H34N2O6S/c1-17(2)28(5)15-22(34-18(3)30)16-29-23-9-7-8-10-24(23)36-26(25(27(29)32)35-19(4)31)20-11-13-21(33-6)14-12-20/h7-14,17,22,25-26H,15-16H2,1-6H3/t22?,25-,26+/m0/s1. The molecule has 3 atom stereocenters. The zero-order chi connectivity index (χ0) is 26.4. The quantitative estimate of drug-likeness (QED) is 0.463. The number of amides is 1. The van der Waals surface area contributed by atoms with Crippen LogP contribution < -0.4 is 9.64 Å². The van der Waals surface area contributed by atoms with Gasteiger partial charge in [0.05, 0.1) is 24.6 Å². The minimum Gasteiger partial charge on any atom is -0.497 e. The first-order valence-electron chi connectivity index (χ1n) is 11.9. The van der Waals surface area contributed by atoms with Gasteiger partial charge in [0.2, 0.25) is 0 Å². The first-order chi connectivity index (χ1) is 17.1. The average Bonchev–Trinajstić information content (AvgIpc) is 2.94. The Balaban J connectivity index is 2.05. The second kappa shape index (κ2) is 12.3. The van der Waals surface area contributed by atoms with Gasteiger partial charge in [-0.15, -0.1) is 11.8 Å². The number of ether oxygens (including phenoxy) is 3. The Labute approximate surface area is 216 Å². The number of fused-ring (bicyclic) bond motifs is 1. The fourth-order valence-corrected chi connectivity index (χ4v) is 5.32. The van der Waals surface area contributed by atoms with E-state index in [1.165, 1.54) is 25.6 Å². The molecule has 2 aromatic rings. The molecule has 1 unspecified atom stereocenters. The lowest BCUT2D eigenvalue weighted by molar-refractivity contribution is -0.153. The molecular weight excluding hydrogens is 480 g/mol. The summed E-state index contributed by atoms with van der Waals surface area (Å²) in [6, 6.07) is 15.2. The number of likely N-dealkylation sites (N-methyl/N-ethyl adjacent to an activating group) is 1. The monoisotopic (exact) mass is 514 g/mol. The Hall–Kier alpha value is -3.04. The second-order valence-corrected chi connectivity index (χ2v) is 10.2. The van der Waals surface area contributed by atoms with Crippen molar-refractivity contribution in [3.63, 3.8) is 0 Å². The smallest absolute Gasteiger partial charge is 0.303 e. The predicted molar refractivity (Wildman–Crippen MR) is 139 cm³/mol. The molecule has 1 aliphatic heterocycles. The van der Waals surface area contributed by atoms with Crippen molar-refractivity contribution in [3.05, 3.63) is 54.1 Å². The average molecular weight is 515 g/mol. The molecule has 3 rings (SSSR count). The van der Waals surface area contributed by atoms with E-state index in [9.17, 15) is 14.4 Å². The van der Waals surface area contributed by atoms with E-state index in [4.69, 9.17) is 14.2 Å². The van der Waals surface area contributed by atoms with Gasteiger partial charge in [0, 0.05) is 31.3 Å². The van der Waals surface area contributed by atoms with Crippen molar-refractivity contribution in [1.29, 1.82) is 0 Å². The molecule has 0 saturated carbocycles. The fourth-order valence-electron chi connectivity index (χ4n) is 4.00. The number of benzene rings is 2. The molecule has 1 aliphatic rings. The van der Waals surface area contributed by atoms with Crippen molar-refractivity contribution in [2.24, 2.45) is 0 Å². The van der Waals surface area contributed by atoms with Crippen molar-refractivity contribution in [2.45, 2.75) is 56.1 Å². The van der Waals surface area contributed by atoms with Crippen LogP contribution in [-0.2, 0) is 23.9 Å². The predicted octanol–water partition coefficient (Wildman–Crippen LogP) is 4.08. The van der Waals surface area contributed by atoms with Crippen molar-refractivity contribution < 1.29 is 28.6 Å². The van der Waals surface area contributed by atoms with Gasteiger partial charge in [0.1, 0.15) is 11.9 Å². The SMILES string of the molecule is COc1ccc([C@H]2Sc3ccccc3N(CC(CN(C)C(C)C)OC(C)=O)C(=O)[C@H]2OC(C)=O)cc1. The molecule has 0 fully saturated rings. The van der Waals surface area contributed by atoms with Crippen LogP contribution >= 0.6 is 11.8 Å². The fraction of sp³-hybridized carbons (Fsp3) is 0.444. The van der Waals surface area contributed by atoms with Crippen molar-refractivity contribution in [1.82, 2.24) is 4.90 Å². The molecule has 0 N–H and O–H groups in total. The largest absolute Gasteiger partial charge is 0.497 e. The van der Waals surface area contributed by atoms with E-state index in [2.05, 4.69) is 4.90 Å². The molecule has 0 radical (unpaired) electrons. The van der Waals surface area contributed by atoms with Crippen molar-refractivity contribution in [2.75, 3.05) is 32.1 Å². The lowest BCUT2D eigenvalue weighted by Gasteiger charge is -2.32. The number of para-hydroxylation sites is 1. The van der Waals surface area contributed by atoms with Crippen LogP contribution in [0.1, 0.15) is 38.5 Å². The summed E-state index contributed by atoms with van der Waals surface area (Å²) >= 11 is 1.46. The van der Waals surface area contributed by atoms with Gasteiger partial charge in [0.15, 0.2) is 6.10 Å². The number of anilines is 1. The van der Waals surface area contributed by atoms with Crippen molar-refractivity contribution >= 4 is 35.3 Å². The number of rotatable bonds is 9. The Kier molecular flexibility index (Phi) is 9.39. The highest BCUT2D eigenvalue weighted by molar-refractivity contribution is 7.99. The van der Waals surface area contributed by atoms with Crippen LogP contribution in [0, 0.1) is 0 Å². The number of nitrogens with zero attached hydrogens (tertiary/aromatic N) is 2. The molecule has 194 valence electrons. The van der Waals surface area contributed by atoms with E-state index in [-0.39, 0.29) is 18.5 Å². The molecule has 0 saturated heterocycles. The molecule has 36 heavy (non-hydrogen) atoms. The maximum Gasteiger partial charge on any atom is 0.303 e. The number of carbonyl (C=O) groups is 3. The van der Waals surface area contributed by atoms with Crippen LogP contribution in [0.2, 0.25) is 0 Å². The maximum absolute atomic E-state index is 14.0. The molecule has 0 spiro atoms. The van der Waals surface area contributed by atoms with E-state index >= 15 is 0 Å². The number of methoxy groups -OCH3 is 1. The normalized spacial score (nSPS) is 18.4. The Morgan fingerprint density at radius 1 is 1.06 bits per heavy atom. The topological polar surface area (TPSA) is 85.4 Å². The number of hydrogen-bond acceptors (Lipinski definition) is 8. The third-order valence-corrected chi connectivity index (χ3v) is 7.40. The Morgan fingerprint density at radius 2 is 1.72 bits per heavy atom. The van der Waals surface area contributed by atoms with E-state index in [0.29, 0.717) is 18.0 Å². The third-order valence-electron chi connectivity index (χ3n) is 6.02. The van der Waals surface area contributed by atoms with Crippen LogP contribution in [0.5, 0.6) is 5.75 Å². The van der Waals surface area contributed by atoms with E-state index in [1.807, 2.05) is 69.4 Å². The zero-order valence-corrected chi connectivity index (χ0v) is 22.4. The minimum absolute atomic E-state index is 0.125. The van der Waals surface area contributed by atoms with Crippen LogP contribution in [0.15, 0.2) is 53.4 Å². The van der Waals surface area contributed by atoms with Gasteiger partial charge in [-0.2, -0.15) is 0 Å². The molecule has 1 amide bonds. The summed E-state index contributed by atoms with van der Waals surface area (Å²) in [7, 11) is 3.53. The van der Waals surface area contributed by atoms with E-state index in [0.717, 1.165) is 10.5 Å². The van der Waals surface area contributed by atoms with Crippen molar-refractivity contribution in [3.8, 4) is 5.75 Å². The van der Waals surface area contributed by atoms with Gasteiger partial charge < -0.3 is 24.0 Å². The molecule has 0 aliphatic carbocycles. The molecule has 8 nitrogen and oxygen atoms in total. The minimum atomic E-state index is -1.07. The summed E-state index contributed by atoms with van der Waals surface area (Å²) < 4.78 is 16.6. The molecule has 2 aromatic carbocycles. The maximum atomic E-state index is 14.0. The summed E-state index contributed by atoms with van der Waals surface area (Å²) in [6.45, 7) is 7.31. The van der Waals surface area contributed by atoms with Gasteiger partial charge in [-0.25, -0.2) is 0 Å². The highest BCUT2D eigenvalue weighted by Gasteiger charge is 2.41. The summed E-state index contributed by atoms with van der Waals surface area (Å²) in [6.07, 6.45) is -1.65. The molecule has 9 heteroatoms. The van der Waals surface area contributed by atoms with E-state index < -0.39 is 29.4 Å². The molecular formula is C27H34N2O6S. The lowest BCUT2D eigenvalue weighted by atomic mass is 10.0. The highest BCUT2D eigenvalue weighted by Crippen LogP contribution is 2.47. The number of hydrogen-bond donors (Lipinski definition) is 0. The summed E-state index contributed by atoms with van der Waals surface area (Å²) in [5.41, 5.74) is 1.51. The molecule has 0 bridgehead atoms. The lowest BCUT2D eigenvalue weighted by Crippen LogP contribution is -2.49. The first kappa shape index (κ1) is 27.5. The third kappa shape index (κ3) is 6.79. The second-order valence-electron chi connectivity index (χ2n) is 9.02. The van der Waals surface area contributed by atoms with Crippen LogP contribution in [0.25, 0.3) is 0 Å². The van der Waals surface area contributed by atoms with Gasteiger partial charge >= 0.3 is 11.9 Å². The van der Waals surface area contributed by atoms with Crippen LogP contribution in [-0.4, -0.2) is 68.2 Å². The highest BCUT2D eigenvalue weighted by atomic mass is 32.2. The van der Waals surface area contributed by atoms with Crippen LogP contribution in [0.4, 0.5) is 5.69 Å². The molecule has 0 aromatic heterocycles. The van der Waals surface area contributed by atoms with Gasteiger partial charge in [-0.3, -0.25) is 14.4 Å². The summed E-state index contributed by atoms with van der Waals surface area (Å²) in [5, 5.41) is -0.482. The van der Waals surface area contributed by atoms with E-state index in [1.54, 1.807) is 12.0 Å². The molecule has 1 heterocycles. The summed E-state index contributed by atoms with van der Waals surface area (Å²) in [4.78, 5) is 42.6. The Morgan fingerprint density at radius 3 is 2.31 bits per heavy atom. The van der Waals surface area contributed by atoms with Gasteiger partial charge in [0.25, 0.3) is 5.91 Å².